The number of rotatable bonds is 5. The lowest BCUT2D eigenvalue weighted by molar-refractivity contribution is -0.119. The van der Waals surface area contributed by atoms with Gasteiger partial charge in [-0.2, -0.15) is 5.10 Å². The maximum absolute atomic E-state index is 12.7. The van der Waals surface area contributed by atoms with Gasteiger partial charge in [0.1, 0.15) is 0 Å². The van der Waals surface area contributed by atoms with Gasteiger partial charge in [0.05, 0.1) is 26.3 Å². The Hall–Kier alpha value is -2.54. The van der Waals surface area contributed by atoms with E-state index in [1.165, 1.54) is 0 Å². The van der Waals surface area contributed by atoms with Gasteiger partial charge in [0.2, 0.25) is 5.91 Å². The molecule has 1 fully saturated rings. The highest BCUT2D eigenvalue weighted by Crippen LogP contribution is 2.32. The number of amides is 1. The molecular weight excluding hydrogens is 308 g/mol. The summed E-state index contributed by atoms with van der Waals surface area (Å²) in [5.41, 5.74) is 1.77. The van der Waals surface area contributed by atoms with E-state index in [9.17, 15) is 4.79 Å². The first-order valence-electron chi connectivity index (χ1n) is 7.84. The minimum Gasteiger partial charge on any atom is -0.493 e. The molecule has 1 amide bonds. The standard InChI is InChI=1S/C17H22N4O3/c1-21-10-11(7-19-21)13-8-18-9-14(13)17(22)20-12-4-5-15(23-2)16(6-12)24-3/h4-7,10,13-14,18H,8-9H2,1-3H3,(H,20,22)/t13-,14+/m1/s1. The predicted octanol–water partition coefficient (Wildman–Crippen LogP) is 1.38. The molecule has 7 nitrogen and oxygen atoms in total. The van der Waals surface area contributed by atoms with E-state index in [0.29, 0.717) is 23.7 Å². The number of anilines is 1. The molecule has 0 unspecified atom stereocenters. The molecular formula is C17H22N4O3. The van der Waals surface area contributed by atoms with Crippen LogP contribution in [0.1, 0.15) is 11.5 Å². The molecule has 1 saturated heterocycles. The number of benzene rings is 1. The van der Waals surface area contributed by atoms with Crippen LogP contribution in [0, 0.1) is 5.92 Å². The molecule has 2 heterocycles. The minimum absolute atomic E-state index is 0.0129. The fourth-order valence-electron chi connectivity index (χ4n) is 3.08. The third-order valence-corrected chi connectivity index (χ3v) is 4.36. The topological polar surface area (TPSA) is 77.4 Å². The first-order chi connectivity index (χ1) is 11.6. The fourth-order valence-corrected chi connectivity index (χ4v) is 3.08. The second kappa shape index (κ2) is 6.92. The number of carbonyl (C=O) groups is 1. The highest BCUT2D eigenvalue weighted by molar-refractivity contribution is 5.94. The van der Waals surface area contributed by atoms with Crippen LogP contribution in [-0.2, 0) is 11.8 Å². The van der Waals surface area contributed by atoms with E-state index in [-0.39, 0.29) is 17.7 Å². The quantitative estimate of drug-likeness (QED) is 0.866. The second-order valence-electron chi connectivity index (χ2n) is 5.88. The number of carbonyl (C=O) groups excluding carboxylic acids is 1. The number of nitrogens with zero attached hydrogens (tertiary/aromatic N) is 2. The summed E-state index contributed by atoms with van der Waals surface area (Å²) in [5.74, 6) is 1.19. The third kappa shape index (κ3) is 3.21. The van der Waals surface area contributed by atoms with Crippen molar-refractivity contribution in [2.75, 3.05) is 32.6 Å². The molecule has 0 bridgehead atoms. The van der Waals surface area contributed by atoms with Crippen molar-refractivity contribution in [3.8, 4) is 11.5 Å². The Kier molecular flexibility index (Phi) is 4.71. The second-order valence-corrected chi connectivity index (χ2v) is 5.88. The van der Waals surface area contributed by atoms with Gasteiger partial charge in [0.25, 0.3) is 0 Å². The lowest BCUT2D eigenvalue weighted by Gasteiger charge is -2.17. The van der Waals surface area contributed by atoms with Gasteiger partial charge in [0.15, 0.2) is 11.5 Å². The van der Waals surface area contributed by atoms with Crippen LogP contribution in [0.2, 0.25) is 0 Å². The van der Waals surface area contributed by atoms with Crippen molar-refractivity contribution in [3.63, 3.8) is 0 Å². The van der Waals surface area contributed by atoms with Crippen LogP contribution in [-0.4, -0.2) is 43.0 Å². The Bertz CT molecular complexity index is 728. The molecule has 0 saturated carbocycles. The molecule has 3 rings (SSSR count). The zero-order valence-corrected chi connectivity index (χ0v) is 14.1. The van der Waals surface area contributed by atoms with E-state index < -0.39 is 0 Å². The van der Waals surface area contributed by atoms with Crippen LogP contribution < -0.4 is 20.1 Å². The molecule has 1 aromatic heterocycles. The van der Waals surface area contributed by atoms with Gasteiger partial charge in [-0.05, 0) is 17.7 Å². The number of nitrogens with one attached hydrogen (secondary N) is 2. The molecule has 2 atom stereocenters. The number of hydrogen-bond donors (Lipinski definition) is 2. The summed E-state index contributed by atoms with van der Waals surface area (Å²) in [7, 11) is 5.03. The van der Waals surface area contributed by atoms with Crippen LogP contribution in [0.5, 0.6) is 11.5 Å². The van der Waals surface area contributed by atoms with Gasteiger partial charge >= 0.3 is 0 Å². The molecule has 7 heteroatoms. The number of aromatic nitrogens is 2. The summed E-state index contributed by atoms with van der Waals surface area (Å²) in [4.78, 5) is 12.7. The normalized spacial score (nSPS) is 20.0. The lowest BCUT2D eigenvalue weighted by Crippen LogP contribution is -2.28. The van der Waals surface area contributed by atoms with Gasteiger partial charge in [-0.25, -0.2) is 0 Å². The van der Waals surface area contributed by atoms with Crippen LogP contribution in [0.25, 0.3) is 0 Å². The zero-order valence-electron chi connectivity index (χ0n) is 14.1. The lowest BCUT2D eigenvalue weighted by atomic mass is 9.90. The predicted molar refractivity (Wildman–Crippen MR) is 90.5 cm³/mol. The number of ether oxygens (including phenoxy) is 2. The molecule has 1 aliphatic heterocycles. The monoisotopic (exact) mass is 330 g/mol. The third-order valence-electron chi connectivity index (χ3n) is 4.36. The molecule has 0 aliphatic carbocycles. The first kappa shape index (κ1) is 16.3. The van der Waals surface area contributed by atoms with Crippen molar-refractivity contribution < 1.29 is 14.3 Å². The number of aryl methyl sites for hydroxylation is 1. The number of hydrogen-bond acceptors (Lipinski definition) is 5. The van der Waals surface area contributed by atoms with Gasteiger partial charge in [-0.1, -0.05) is 0 Å². The zero-order chi connectivity index (χ0) is 17.1. The van der Waals surface area contributed by atoms with Gasteiger partial charge in [0, 0.05) is 44.0 Å². The Morgan fingerprint density at radius 3 is 2.75 bits per heavy atom. The van der Waals surface area contributed by atoms with Crippen molar-refractivity contribution in [2.45, 2.75) is 5.92 Å². The summed E-state index contributed by atoms with van der Waals surface area (Å²) in [6.07, 6.45) is 3.79. The van der Waals surface area contributed by atoms with Crippen LogP contribution in [0.4, 0.5) is 5.69 Å². The molecule has 0 radical (unpaired) electrons. The van der Waals surface area contributed by atoms with Crippen LogP contribution >= 0.6 is 0 Å². The highest BCUT2D eigenvalue weighted by Gasteiger charge is 2.34. The fraction of sp³-hybridized carbons (Fsp3) is 0.412. The van der Waals surface area contributed by atoms with E-state index in [1.54, 1.807) is 37.1 Å². The maximum Gasteiger partial charge on any atom is 0.229 e. The van der Waals surface area contributed by atoms with Crippen molar-refractivity contribution in [3.05, 3.63) is 36.2 Å². The largest absolute Gasteiger partial charge is 0.493 e. The Balaban J connectivity index is 1.74. The summed E-state index contributed by atoms with van der Waals surface area (Å²) >= 11 is 0. The molecule has 24 heavy (non-hydrogen) atoms. The van der Waals surface area contributed by atoms with E-state index in [2.05, 4.69) is 15.7 Å². The summed E-state index contributed by atoms with van der Waals surface area (Å²) < 4.78 is 12.3. The Labute approximate surface area is 140 Å². The first-order valence-corrected chi connectivity index (χ1v) is 7.84. The van der Waals surface area contributed by atoms with Gasteiger partial charge < -0.3 is 20.1 Å². The SMILES string of the molecule is COc1ccc(NC(=O)[C@H]2CNC[C@@H]2c2cnn(C)c2)cc1OC. The Morgan fingerprint density at radius 2 is 2.08 bits per heavy atom. The van der Waals surface area contributed by atoms with E-state index >= 15 is 0 Å². The summed E-state index contributed by atoms with van der Waals surface area (Å²) in [5, 5.41) is 10.5. The number of methoxy groups -OCH3 is 2. The van der Waals surface area contributed by atoms with Crippen LogP contribution in [0.15, 0.2) is 30.6 Å². The minimum atomic E-state index is -0.137. The summed E-state index contributed by atoms with van der Waals surface area (Å²) in [6, 6.07) is 5.35. The molecule has 1 aliphatic rings. The average Bonchev–Trinajstić information content (AvgIpc) is 3.23. The Morgan fingerprint density at radius 1 is 1.29 bits per heavy atom. The van der Waals surface area contributed by atoms with E-state index in [4.69, 9.17) is 9.47 Å². The molecule has 1 aromatic carbocycles. The summed E-state index contributed by atoms with van der Waals surface area (Å²) in [6.45, 7) is 1.42. The van der Waals surface area contributed by atoms with Crippen molar-refractivity contribution in [2.24, 2.45) is 13.0 Å². The van der Waals surface area contributed by atoms with Gasteiger partial charge in [-0.3, -0.25) is 9.48 Å². The smallest absolute Gasteiger partial charge is 0.229 e. The van der Waals surface area contributed by atoms with Crippen molar-refractivity contribution in [1.82, 2.24) is 15.1 Å². The molecule has 128 valence electrons. The molecule has 2 N–H and O–H groups in total. The van der Waals surface area contributed by atoms with Crippen molar-refractivity contribution >= 4 is 11.6 Å². The maximum atomic E-state index is 12.7. The van der Waals surface area contributed by atoms with E-state index in [0.717, 1.165) is 12.1 Å². The average molecular weight is 330 g/mol. The highest BCUT2D eigenvalue weighted by atomic mass is 16.5. The molecule has 0 spiro atoms. The van der Waals surface area contributed by atoms with E-state index in [1.807, 2.05) is 19.4 Å². The molecule has 2 aromatic rings. The van der Waals surface area contributed by atoms with Gasteiger partial charge in [-0.15, -0.1) is 0 Å². The van der Waals surface area contributed by atoms with Crippen LogP contribution in [0.3, 0.4) is 0 Å². The van der Waals surface area contributed by atoms with Crippen molar-refractivity contribution in [1.29, 1.82) is 0 Å².